The highest BCUT2D eigenvalue weighted by Crippen LogP contribution is 2.32. The van der Waals surface area contributed by atoms with Crippen molar-refractivity contribution in [1.29, 1.82) is 0 Å². The molecule has 1 aromatic carbocycles. The lowest BCUT2D eigenvalue weighted by molar-refractivity contribution is -0.139. The molecule has 0 unspecified atom stereocenters. The Morgan fingerprint density at radius 1 is 1.27 bits per heavy atom. The Bertz CT molecular complexity index is 723. The summed E-state index contributed by atoms with van der Waals surface area (Å²) < 4.78 is 5.38. The van der Waals surface area contributed by atoms with Crippen molar-refractivity contribution < 1.29 is 14.3 Å². The van der Waals surface area contributed by atoms with Crippen LogP contribution in [0.3, 0.4) is 0 Å². The van der Waals surface area contributed by atoms with Crippen molar-refractivity contribution >= 4 is 23.2 Å². The van der Waals surface area contributed by atoms with E-state index < -0.39 is 0 Å². The monoisotopic (exact) mass is 316 g/mol. The fourth-order valence-electron chi connectivity index (χ4n) is 2.46. The van der Waals surface area contributed by atoms with Crippen LogP contribution in [0.5, 0.6) is 5.75 Å². The lowest BCUT2D eigenvalue weighted by atomic mass is 10.1. The van der Waals surface area contributed by atoms with E-state index in [0.29, 0.717) is 12.8 Å². The van der Waals surface area contributed by atoms with E-state index in [1.165, 1.54) is 16.2 Å². The van der Waals surface area contributed by atoms with Crippen LogP contribution in [0.2, 0.25) is 0 Å². The summed E-state index contributed by atoms with van der Waals surface area (Å²) in [7, 11) is 1.63. The highest BCUT2D eigenvalue weighted by molar-refractivity contribution is 7.09. The van der Waals surface area contributed by atoms with E-state index in [0.717, 1.165) is 27.6 Å². The average Bonchev–Trinajstić information content (AvgIpc) is 3.09. The molecule has 2 aromatic rings. The van der Waals surface area contributed by atoms with Crippen LogP contribution >= 0.6 is 11.3 Å². The minimum absolute atomic E-state index is 0.116. The second kappa shape index (κ2) is 5.88. The number of methoxy groups -OCH3 is 1. The molecule has 1 fully saturated rings. The molecule has 0 atom stereocenters. The number of hydrogen-bond donors (Lipinski definition) is 0. The van der Waals surface area contributed by atoms with Gasteiger partial charge >= 0.3 is 0 Å². The molecule has 6 heteroatoms. The van der Waals surface area contributed by atoms with Crippen LogP contribution in [0.15, 0.2) is 23.6 Å². The topological polar surface area (TPSA) is 59.5 Å². The Morgan fingerprint density at radius 3 is 2.68 bits per heavy atom. The molecule has 0 saturated carbocycles. The predicted octanol–water partition coefficient (Wildman–Crippen LogP) is 2.78. The van der Waals surface area contributed by atoms with Gasteiger partial charge in [0.2, 0.25) is 11.8 Å². The zero-order valence-corrected chi connectivity index (χ0v) is 13.3. The van der Waals surface area contributed by atoms with E-state index in [4.69, 9.17) is 4.74 Å². The average molecular weight is 316 g/mol. The standard InChI is InChI=1S/C16H16N2O3S/c1-10-3-4-13(21-2)11(7-10)12-9-22-14(17-12)8-18-15(19)5-6-16(18)20/h3-4,7,9H,5-6,8H2,1-2H3. The van der Waals surface area contributed by atoms with Gasteiger partial charge in [-0.3, -0.25) is 14.5 Å². The molecule has 22 heavy (non-hydrogen) atoms. The molecule has 0 bridgehead atoms. The second-order valence-corrected chi connectivity index (χ2v) is 6.15. The maximum Gasteiger partial charge on any atom is 0.230 e. The number of ether oxygens (including phenoxy) is 1. The Morgan fingerprint density at radius 2 is 2.00 bits per heavy atom. The quantitative estimate of drug-likeness (QED) is 0.814. The molecule has 3 rings (SSSR count). The molecule has 2 heterocycles. The van der Waals surface area contributed by atoms with Gasteiger partial charge in [0, 0.05) is 23.8 Å². The molecule has 1 aromatic heterocycles. The number of carbonyl (C=O) groups excluding carboxylic acids is 2. The van der Waals surface area contributed by atoms with Gasteiger partial charge in [-0.05, 0) is 19.1 Å². The first kappa shape index (κ1) is 14.7. The Balaban J connectivity index is 1.86. The Labute approximate surface area is 132 Å². The van der Waals surface area contributed by atoms with Crippen molar-refractivity contribution in [2.24, 2.45) is 0 Å². The molecule has 1 aliphatic rings. The Hall–Kier alpha value is -2.21. The summed E-state index contributed by atoms with van der Waals surface area (Å²) >= 11 is 1.45. The third kappa shape index (κ3) is 2.74. The van der Waals surface area contributed by atoms with Crippen molar-refractivity contribution in [3.63, 3.8) is 0 Å². The molecule has 0 N–H and O–H groups in total. The zero-order chi connectivity index (χ0) is 15.7. The maximum atomic E-state index is 11.7. The van der Waals surface area contributed by atoms with Crippen LogP contribution in [0.25, 0.3) is 11.3 Å². The van der Waals surface area contributed by atoms with E-state index >= 15 is 0 Å². The number of thiazole rings is 1. The first-order chi connectivity index (χ1) is 10.6. The highest BCUT2D eigenvalue weighted by atomic mass is 32.1. The molecule has 2 amide bonds. The van der Waals surface area contributed by atoms with Crippen LogP contribution < -0.4 is 4.74 Å². The van der Waals surface area contributed by atoms with E-state index in [-0.39, 0.29) is 18.4 Å². The van der Waals surface area contributed by atoms with Gasteiger partial charge in [-0.1, -0.05) is 11.6 Å². The molecule has 114 valence electrons. The van der Waals surface area contributed by atoms with Crippen LogP contribution in [-0.2, 0) is 16.1 Å². The third-order valence-corrected chi connectivity index (χ3v) is 4.46. The van der Waals surface area contributed by atoms with Crippen molar-refractivity contribution in [1.82, 2.24) is 9.88 Å². The van der Waals surface area contributed by atoms with E-state index in [2.05, 4.69) is 4.98 Å². The lowest BCUT2D eigenvalue weighted by Crippen LogP contribution is -2.28. The van der Waals surface area contributed by atoms with Crippen molar-refractivity contribution in [3.05, 3.63) is 34.2 Å². The number of likely N-dealkylation sites (tertiary alicyclic amines) is 1. The van der Waals surface area contributed by atoms with Gasteiger partial charge in [-0.15, -0.1) is 11.3 Å². The van der Waals surface area contributed by atoms with Crippen molar-refractivity contribution in [2.45, 2.75) is 26.3 Å². The molecule has 1 saturated heterocycles. The van der Waals surface area contributed by atoms with Gasteiger partial charge < -0.3 is 4.74 Å². The molecular formula is C16H16N2O3S. The van der Waals surface area contributed by atoms with Gasteiger partial charge in [0.1, 0.15) is 10.8 Å². The van der Waals surface area contributed by atoms with E-state index in [1.807, 2.05) is 30.5 Å². The van der Waals surface area contributed by atoms with Gasteiger partial charge in [-0.2, -0.15) is 0 Å². The summed E-state index contributed by atoms with van der Waals surface area (Å²) in [4.78, 5) is 29.2. The molecule has 5 nitrogen and oxygen atoms in total. The zero-order valence-electron chi connectivity index (χ0n) is 12.5. The molecule has 0 radical (unpaired) electrons. The van der Waals surface area contributed by atoms with Gasteiger partial charge in [0.15, 0.2) is 0 Å². The number of benzene rings is 1. The first-order valence-corrected chi connectivity index (χ1v) is 7.89. The Kier molecular flexibility index (Phi) is 3.94. The number of carbonyl (C=O) groups is 2. The van der Waals surface area contributed by atoms with Crippen LogP contribution in [0.4, 0.5) is 0 Å². The predicted molar refractivity (Wildman–Crippen MR) is 83.6 cm³/mol. The molecule has 0 aliphatic carbocycles. The number of aryl methyl sites for hydroxylation is 1. The number of hydrogen-bond acceptors (Lipinski definition) is 5. The van der Waals surface area contributed by atoms with Gasteiger partial charge in [0.25, 0.3) is 0 Å². The largest absolute Gasteiger partial charge is 0.496 e. The molecular weight excluding hydrogens is 300 g/mol. The minimum atomic E-state index is -0.116. The van der Waals surface area contributed by atoms with E-state index in [9.17, 15) is 9.59 Å². The molecule has 1 aliphatic heterocycles. The summed E-state index contributed by atoms with van der Waals surface area (Å²) in [5.74, 6) is 0.528. The summed E-state index contributed by atoms with van der Waals surface area (Å²) in [6.07, 6.45) is 0.617. The minimum Gasteiger partial charge on any atom is -0.496 e. The smallest absolute Gasteiger partial charge is 0.230 e. The van der Waals surface area contributed by atoms with Crippen LogP contribution in [0.1, 0.15) is 23.4 Å². The van der Waals surface area contributed by atoms with Gasteiger partial charge in [-0.25, -0.2) is 4.98 Å². The van der Waals surface area contributed by atoms with E-state index in [1.54, 1.807) is 7.11 Å². The number of nitrogens with zero attached hydrogens (tertiary/aromatic N) is 2. The number of imide groups is 1. The molecule has 0 spiro atoms. The first-order valence-electron chi connectivity index (χ1n) is 7.01. The third-order valence-electron chi connectivity index (χ3n) is 3.63. The SMILES string of the molecule is COc1ccc(C)cc1-c1csc(CN2C(=O)CCC2=O)n1. The van der Waals surface area contributed by atoms with Crippen LogP contribution in [0, 0.1) is 6.92 Å². The maximum absolute atomic E-state index is 11.7. The number of rotatable bonds is 4. The highest BCUT2D eigenvalue weighted by Gasteiger charge is 2.29. The number of amides is 2. The lowest BCUT2D eigenvalue weighted by Gasteiger charge is -2.11. The summed E-state index contributed by atoms with van der Waals surface area (Å²) in [5, 5.41) is 2.68. The fraction of sp³-hybridized carbons (Fsp3) is 0.312. The van der Waals surface area contributed by atoms with Crippen molar-refractivity contribution in [2.75, 3.05) is 7.11 Å². The summed E-state index contributed by atoms with van der Waals surface area (Å²) in [6, 6.07) is 5.91. The normalized spacial score (nSPS) is 14.7. The fourth-order valence-corrected chi connectivity index (χ4v) is 3.25. The second-order valence-electron chi connectivity index (χ2n) is 5.20. The van der Waals surface area contributed by atoms with Crippen molar-refractivity contribution in [3.8, 4) is 17.0 Å². The summed E-state index contributed by atoms with van der Waals surface area (Å²) in [5.41, 5.74) is 2.85. The van der Waals surface area contributed by atoms with Crippen LogP contribution in [-0.4, -0.2) is 28.8 Å². The van der Waals surface area contributed by atoms with Gasteiger partial charge in [0.05, 0.1) is 19.3 Å². The number of aromatic nitrogens is 1. The summed E-state index contributed by atoms with van der Waals surface area (Å²) in [6.45, 7) is 2.27.